The van der Waals surface area contributed by atoms with Crippen LogP contribution in [0.25, 0.3) is 0 Å². The number of carbonyl (C=O) groups excluding carboxylic acids is 2. The quantitative estimate of drug-likeness (QED) is 0.590. The van der Waals surface area contributed by atoms with E-state index in [4.69, 9.17) is 4.74 Å². The summed E-state index contributed by atoms with van der Waals surface area (Å²) >= 11 is 0. The molecule has 22 heavy (non-hydrogen) atoms. The number of alkyl halides is 3. The molecule has 2 saturated heterocycles. The molecule has 4 nitrogen and oxygen atoms in total. The molecule has 2 amide bonds. The number of ether oxygens (including phenoxy) is 1. The first-order chi connectivity index (χ1) is 10.4. The van der Waals surface area contributed by atoms with Crippen molar-refractivity contribution in [1.82, 2.24) is 0 Å². The lowest BCUT2D eigenvalue weighted by atomic mass is 9.85. The molecule has 3 aliphatic heterocycles. The fourth-order valence-electron chi connectivity index (χ4n) is 3.38. The second-order valence-electron chi connectivity index (χ2n) is 5.56. The van der Waals surface area contributed by atoms with Crippen molar-refractivity contribution < 1.29 is 27.5 Å². The van der Waals surface area contributed by atoms with Crippen LogP contribution >= 0.6 is 0 Å². The Balaban J connectivity index is 1.73. The molecule has 0 aliphatic carbocycles. The van der Waals surface area contributed by atoms with Gasteiger partial charge < -0.3 is 4.74 Å². The maximum absolute atomic E-state index is 12.8. The van der Waals surface area contributed by atoms with Crippen molar-refractivity contribution in [2.75, 3.05) is 4.90 Å². The highest BCUT2D eigenvalue weighted by atomic mass is 19.4. The zero-order valence-electron chi connectivity index (χ0n) is 11.1. The van der Waals surface area contributed by atoms with E-state index in [1.54, 1.807) is 12.2 Å². The average molecular weight is 309 g/mol. The highest BCUT2D eigenvalue weighted by Gasteiger charge is 2.61. The summed E-state index contributed by atoms with van der Waals surface area (Å²) in [6.45, 7) is 0. The minimum Gasteiger partial charge on any atom is -0.365 e. The molecule has 0 radical (unpaired) electrons. The van der Waals surface area contributed by atoms with Crippen LogP contribution in [0.4, 0.5) is 18.9 Å². The van der Waals surface area contributed by atoms with Gasteiger partial charge in [-0.25, -0.2) is 4.90 Å². The van der Waals surface area contributed by atoms with Crippen LogP contribution in [0.15, 0.2) is 36.4 Å². The largest absolute Gasteiger partial charge is 0.416 e. The van der Waals surface area contributed by atoms with Crippen LogP contribution in [0.2, 0.25) is 0 Å². The van der Waals surface area contributed by atoms with Crippen molar-refractivity contribution in [2.45, 2.75) is 18.4 Å². The number of hydrogen-bond donors (Lipinski definition) is 0. The van der Waals surface area contributed by atoms with Crippen molar-refractivity contribution in [3.05, 3.63) is 42.0 Å². The van der Waals surface area contributed by atoms with Gasteiger partial charge in [-0.15, -0.1) is 0 Å². The van der Waals surface area contributed by atoms with Crippen LogP contribution < -0.4 is 4.90 Å². The third-order valence-electron chi connectivity index (χ3n) is 4.34. The minimum atomic E-state index is -4.53. The van der Waals surface area contributed by atoms with Crippen LogP contribution in [0.5, 0.6) is 0 Å². The number of halogens is 3. The lowest BCUT2D eigenvalue weighted by Crippen LogP contribution is -2.34. The van der Waals surface area contributed by atoms with Crippen molar-refractivity contribution in [3.8, 4) is 0 Å². The highest BCUT2D eigenvalue weighted by Crippen LogP contribution is 2.46. The van der Waals surface area contributed by atoms with E-state index >= 15 is 0 Å². The number of anilines is 1. The van der Waals surface area contributed by atoms with Gasteiger partial charge in [0.05, 0.1) is 35.3 Å². The predicted molar refractivity (Wildman–Crippen MR) is 68.7 cm³/mol. The number of imide groups is 1. The van der Waals surface area contributed by atoms with Crippen LogP contribution in [0, 0.1) is 11.8 Å². The highest BCUT2D eigenvalue weighted by molar-refractivity contribution is 6.23. The molecule has 4 atom stereocenters. The van der Waals surface area contributed by atoms with Gasteiger partial charge in [0, 0.05) is 0 Å². The van der Waals surface area contributed by atoms with Gasteiger partial charge in [0.2, 0.25) is 11.8 Å². The van der Waals surface area contributed by atoms with Gasteiger partial charge in [0.1, 0.15) is 0 Å². The van der Waals surface area contributed by atoms with Crippen LogP contribution in [0.3, 0.4) is 0 Å². The molecule has 3 aliphatic rings. The summed E-state index contributed by atoms with van der Waals surface area (Å²) in [6.07, 6.45) is -1.98. The number of carbonyl (C=O) groups is 2. The maximum Gasteiger partial charge on any atom is 0.416 e. The first kappa shape index (κ1) is 13.5. The standard InChI is InChI=1S/C15H10F3NO3/c16-15(17,18)7-2-1-3-8(6-7)19-13(20)11-9-4-5-10(22-9)12(11)14(19)21/h1-6,9-12H/t9-,10-,11-,12-/m1/s1. The Morgan fingerprint density at radius 3 is 2.14 bits per heavy atom. The SMILES string of the molecule is O=C1[C@H]2[C@H](C(=O)N1c1cccc(C(F)(F)F)c1)[C@H]1C=C[C@H]2O1. The summed E-state index contributed by atoms with van der Waals surface area (Å²) < 4.78 is 43.9. The van der Waals surface area contributed by atoms with Crippen LogP contribution in [-0.2, 0) is 20.5 Å². The van der Waals surface area contributed by atoms with Gasteiger partial charge in [-0.1, -0.05) is 18.2 Å². The zero-order valence-corrected chi connectivity index (χ0v) is 11.1. The third kappa shape index (κ3) is 1.68. The lowest BCUT2D eigenvalue weighted by Gasteiger charge is -2.18. The maximum atomic E-state index is 12.8. The molecular weight excluding hydrogens is 299 g/mol. The molecule has 0 N–H and O–H groups in total. The summed E-state index contributed by atoms with van der Waals surface area (Å²) in [6, 6.07) is 4.26. The number of amides is 2. The number of fused-ring (bicyclic) bond motifs is 5. The topological polar surface area (TPSA) is 46.6 Å². The lowest BCUT2D eigenvalue weighted by molar-refractivity contribution is -0.137. The van der Waals surface area contributed by atoms with Gasteiger partial charge in [-0.05, 0) is 18.2 Å². The van der Waals surface area contributed by atoms with Crippen molar-refractivity contribution in [1.29, 1.82) is 0 Å². The van der Waals surface area contributed by atoms with Crippen LogP contribution in [0.1, 0.15) is 5.56 Å². The summed E-state index contributed by atoms with van der Waals surface area (Å²) in [7, 11) is 0. The van der Waals surface area contributed by atoms with Crippen molar-refractivity contribution in [2.24, 2.45) is 11.8 Å². The van der Waals surface area contributed by atoms with Crippen LogP contribution in [-0.4, -0.2) is 24.0 Å². The van der Waals surface area contributed by atoms with Gasteiger partial charge in [0.15, 0.2) is 0 Å². The molecule has 3 heterocycles. The minimum absolute atomic E-state index is 0.0429. The molecule has 0 saturated carbocycles. The molecular formula is C15H10F3NO3. The molecule has 2 fully saturated rings. The van der Waals surface area contributed by atoms with Gasteiger partial charge in [0.25, 0.3) is 0 Å². The molecule has 114 valence electrons. The zero-order chi connectivity index (χ0) is 15.6. The number of nitrogens with zero attached hydrogens (tertiary/aromatic N) is 1. The molecule has 2 bridgehead atoms. The summed E-state index contributed by atoms with van der Waals surface area (Å²) in [4.78, 5) is 25.8. The molecule has 0 spiro atoms. The van der Waals surface area contributed by atoms with Gasteiger partial charge in [-0.2, -0.15) is 13.2 Å². The van der Waals surface area contributed by atoms with E-state index in [1.165, 1.54) is 12.1 Å². The fraction of sp³-hybridized carbons (Fsp3) is 0.333. The number of rotatable bonds is 1. The third-order valence-corrected chi connectivity index (χ3v) is 4.34. The number of benzene rings is 1. The van der Waals surface area contributed by atoms with E-state index in [0.29, 0.717) is 0 Å². The van der Waals surface area contributed by atoms with Crippen molar-refractivity contribution >= 4 is 17.5 Å². The van der Waals surface area contributed by atoms with Gasteiger partial charge in [-0.3, -0.25) is 9.59 Å². The average Bonchev–Trinajstić information content (AvgIpc) is 3.12. The molecule has 1 aromatic rings. The Morgan fingerprint density at radius 1 is 1.00 bits per heavy atom. The smallest absolute Gasteiger partial charge is 0.365 e. The van der Waals surface area contributed by atoms with E-state index < -0.39 is 47.6 Å². The van der Waals surface area contributed by atoms with E-state index in [-0.39, 0.29) is 5.69 Å². The Kier molecular flexibility index (Phi) is 2.57. The van der Waals surface area contributed by atoms with Crippen molar-refractivity contribution in [3.63, 3.8) is 0 Å². The molecule has 4 rings (SSSR count). The summed E-state index contributed by atoms with van der Waals surface area (Å²) in [5.74, 6) is -2.24. The summed E-state index contributed by atoms with van der Waals surface area (Å²) in [5.41, 5.74) is -0.932. The molecule has 1 aromatic carbocycles. The Hall–Kier alpha value is -2.15. The first-order valence-electron chi connectivity index (χ1n) is 6.77. The molecule has 0 aromatic heterocycles. The molecule has 7 heteroatoms. The Morgan fingerprint density at radius 2 is 1.59 bits per heavy atom. The second-order valence-corrected chi connectivity index (χ2v) is 5.56. The fourth-order valence-corrected chi connectivity index (χ4v) is 3.38. The van der Waals surface area contributed by atoms with E-state index in [2.05, 4.69) is 0 Å². The summed E-state index contributed by atoms with van der Waals surface area (Å²) in [5, 5.41) is 0. The first-order valence-corrected chi connectivity index (χ1v) is 6.77. The Labute approximate surface area is 123 Å². The predicted octanol–water partition coefficient (Wildman–Crippen LogP) is 2.15. The van der Waals surface area contributed by atoms with E-state index in [1.807, 2.05) is 0 Å². The van der Waals surface area contributed by atoms with E-state index in [0.717, 1.165) is 17.0 Å². The normalized spacial score (nSPS) is 33.0. The number of hydrogen-bond acceptors (Lipinski definition) is 3. The Bertz CT molecular complexity index is 682. The molecule has 0 unspecified atom stereocenters. The van der Waals surface area contributed by atoms with Gasteiger partial charge >= 0.3 is 6.18 Å². The second kappa shape index (κ2) is 4.19. The monoisotopic (exact) mass is 309 g/mol. The van der Waals surface area contributed by atoms with E-state index in [9.17, 15) is 22.8 Å².